The Bertz CT molecular complexity index is 931. The van der Waals surface area contributed by atoms with Gasteiger partial charge in [-0.3, -0.25) is 0 Å². The molecule has 0 aromatic carbocycles. The summed E-state index contributed by atoms with van der Waals surface area (Å²) >= 11 is -1.99. The van der Waals surface area contributed by atoms with Crippen LogP contribution >= 0.6 is 20.0 Å². The number of carboxylic acids is 4. The van der Waals surface area contributed by atoms with Crippen molar-refractivity contribution in [1.82, 2.24) is 21.3 Å². The molecule has 0 saturated heterocycles. The molecule has 0 aromatic heterocycles. The molecular formula is C21H35AsN6O12S2. The maximum absolute atomic E-state index is 12.5. The molecule has 238 valence electrons. The molecule has 4 atom stereocenters. The molecule has 0 fully saturated rings. The summed E-state index contributed by atoms with van der Waals surface area (Å²) in [6.07, 6.45) is -0.988. The van der Waals surface area contributed by atoms with Gasteiger partial charge < -0.3 is 0 Å². The second kappa shape index (κ2) is 20.8. The molecule has 18 nitrogen and oxygen atoms in total. The Labute approximate surface area is 251 Å². The van der Waals surface area contributed by atoms with Gasteiger partial charge in [0.25, 0.3) is 0 Å². The van der Waals surface area contributed by atoms with Crippen LogP contribution in [0.3, 0.4) is 0 Å². The molecule has 0 bridgehead atoms. The van der Waals surface area contributed by atoms with Crippen molar-refractivity contribution in [3.05, 3.63) is 0 Å². The zero-order valence-corrected chi connectivity index (χ0v) is 25.9. The summed E-state index contributed by atoms with van der Waals surface area (Å²) in [5, 5.41) is 44.5. The molecule has 0 rings (SSSR count). The second-order valence-electron chi connectivity index (χ2n) is 8.46. The number of carbonyl (C=O) groups is 8. The van der Waals surface area contributed by atoms with Gasteiger partial charge in [0.05, 0.1) is 0 Å². The number of nitrogens with two attached hydrogens (primary N) is 2. The van der Waals surface area contributed by atoms with E-state index in [4.69, 9.17) is 31.9 Å². The summed E-state index contributed by atoms with van der Waals surface area (Å²) in [6, 6.07) is -4.92. The minimum atomic E-state index is -1.99. The van der Waals surface area contributed by atoms with E-state index in [0.717, 1.165) is 0 Å². The van der Waals surface area contributed by atoms with E-state index in [2.05, 4.69) is 21.3 Å². The van der Waals surface area contributed by atoms with Gasteiger partial charge in [0, 0.05) is 0 Å². The van der Waals surface area contributed by atoms with Gasteiger partial charge in [-0.15, -0.1) is 0 Å². The normalized spacial score (nSPS) is 14.3. The summed E-state index contributed by atoms with van der Waals surface area (Å²) in [5.74, 6) is -8.16. The van der Waals surface area contributed by atoms with E-state index in [9.17, 15) is 38.4 Å². The van der Waals surface area contributed by atoms with Crippen molar-refractivity contribution in [2.45, 2.75) is 55.6 Å². The number of carbonyl (C=O) groups excluding carboxylic acids is 4. The molecule has 0 saturated carbocycles. The second-order valence-corrected chi connectivity index (χ2v) is 21.6. The molecule has 42 heavy (non-hydrogen) atoms. The zero-order valence-electron chi connectivity index (χ0n) is 22.4. The molecule has 0 aromatic rings. The fourth-order valence-corrected chi connectivity index (χ4v) is 12.0. The Morgan fingerprint density at radius 1 is 0.667 bits per heavy atom. The third-order valence-electron chi connectivity index (χ3n) is 4.98. The molecule has 0 spiro atoms. The third kappa shape index (κ3) is 18.4. The SMILES string of the molecule is C[As](SCC(NC(=O)CCC(N)C(=O)O)C(=O)NCC(=O)O)SCC(NC(=O)CCC(N)C(=O)O)C(=O)NCC(=O)O. The van der Waals surface area contributed by atoms with Gasteiger partial charge in [0.1, 0.15) is 0 Å². The average molecular weight is 703 g/mol. The van der Waals surface area contributed by atoms with Crippen LogP contribution in [-0.2, 0) is 38.4 Å². The van der Waals surface area contributed by atoms with Crippen LogP contribution in [0.25, 0.3) is 0 Å². The molecular weight excluding hydrogens is 667 g/mol. The Hall–Kier alpha value is -3.06. The predicted molar refractivity (Wildman–Crippen MR) is 151 cm³/mol. The first kappa shape index (κ1) is 38.9. The van der Waals surface area contributed by atoms with E-state index in [1.54, 1.807) is 0 Å². The van der Waals surface area contributed by atoms with Crippen LogP contribution in [0, 0.1) is 0 Å². The first-order chi connectivity index (χ1) is 19.5. The fraction of sp³-hybridized carbons (Fsp3) is 0.619. The minimum absolute atomic E-state index is 0.000982. The quantitative estimate of drug-likeness (QED) is 0.0486. The Morgan fingerprint density at radius 2 is 1.00 bits per heavy atom. The molecule has 4 unspecified atom stereocenters. The zero-order chi connectivity index (χ0) is 32.4. The van der Waals surface area contributed by atoms with E-state index >= 15 is 0 Å². The van der Waals surface area contributed by atoms with Gasteiger partial charge in [0.2, 0.25) is 0 Å². The van der Waals surface area contributed by atoms with Crippen LogP contribution in [0.4, 0.5) is 0 Å². The van der Waals surface area contributed by atoms with Crippen molar-refractivity contribution in [3.8, 4) is 0 Å². The van der Waals surface area contributed by atoms with E-state index < -0.39 is 97.1 Å². The fourth-order valence-electron chi connectivity index (χ4n) is 2.69. The van der Waals surface area contributed by atoms with Gasteiger partial charge in [-0.2, -0.15) is 0 Å². The summed E-state index contributed by atoms with van der Waals surface area (Å²) in [6.45, 7) is -1.40. The van der Waals surface area contributed by atoms with Gasteiger partial charge in [-0.25, -0.2) is 0 Å². The Morgan fingerprint density at radius 3 is 1.29 bits per heavy atom. The number of nitrogens with one attached hydrogen (secondary N) is 4. The first-order valence-corrected chi connectivity index (χ1v) is 20.4. The van der Waals surface area contributed by atoms with Crippen molar-refractivity contribution in [2.75, 3.05) is 24.6 Å². The van der Waals surface area contributed by atoms with Crippen molar-refractivity contribution in [1.29, 1.82) is 0 Å². The topological polar surface area (TPSA) is 318 Å². The molecule has 4 amide bonds. The van der Waals surface area contributed by atoms with Crippen molar-refractivity contribution in [2.24, 2.45) is 11.5 Å². The molecule has 0 aliphatic rings. The van der Waals surface area contributed by atoms with Crippen LogP contribution in [0.2, 0.25) is 5.71 Å². The van der Waals surface area contributed by atoms with E-state index in [0.29, 0.717) is 0 Å². The summed E-state index contributed by atoms with van der Waals surface area (Å²) in [4.78, 5) is 92.9. The summed E-state index contributed by atoms with van der Waals surface area (Å²) < 4.78 is 0. The van der Waals surface area contributed by atoms with Crippen LogP contribution in [0.5, 0.6) is 0 Å². The van der Waals surface area contributed by atoms with Crippen molar-refractivity contribution in [3.63, 3.8) is 0 Å². The number of rotatable bonds is 22. The van der Waals surface area contributed by atoms with Gasteiger partial charge in [-0.05, 0) is 0 Å². The standard InChI is InChI=1S/C21H35AsN6O12S2/c1-22(41-8-12(18(35)25-6-16(31)32)27-14(29)4-2-10(23)20(37)38)42-9-13(19(36)26-7-17(33)34)28-15(30)5-3-11(24)21(39)40/h10-13H,2-9,23-24H2,1H3,(H,25,35)(H,26,36)(H,27,29)(H,28,30)(H,31,32)(H,33,34)(H,37,38)(H,39,40). The van der Waals surface area contributed by atoms with Gasteiger partial charge in [-0.1, -0.05) is 0 Å². The monoisotopic (exact) mass is 702 g/mol. The van der Waals surface area contributed by atoms with E-state index in [1.807, 2.05) is 5.71 Å². The van der Waals surface area contributed by atoms with Crippen LogP contribution < -0.4 is 32.7 Å². The average Bonchev–Trinajstić information content (AvgIpc) is 2.91. The number of carboxylic acid groups (broad SMARTS) is 4. The van der Waals surface area contributed by atoms with Crippen LogP contribution in [0.15, 0.2) is 0 Å². The number of amides is 4. The van der Waals surface area contributed by atoms with E-state index in [1.165, 1.54) is 20.0 Å². The van der Waals surface area contributed by atoms with Crippen LogP contribution in [-0.4, -0.2) is 129 Å². The van der Waals surface area contributed by atoms with Crippen LogP contribution in [0.1, 0.15) is 25.7 Å². The van der Waals surface area contributed by atoms with E-state index in [-0.39, 0.29) is 37.2 Å². The van der Waals surface area contributed by atoms with Gasteiger partial charge in [0.15, 0.2) is 0 Å². The van der Waals surface area contributed by atoms with Crippen molar-refractivity contribution >= 4 is 79.9 Å². The molecule has 21 heteroatoms. The maximum atomic E-state index is 12.5. The summed E-state index contributed by atoms with van der Waals surface area (Å²) in [5.41, 5.74) is 12.6. The van der Waals surface area contributed by atoms with Crippen molar-refractivity contribution < 1.29 is 58.8 Å². The first-order valence-electron chi connectivity index (χ1n) is 12.1. The van der Waals surface area contributed by atoms with Gasteiger partial charge >= 0.3 is 252 Å². The predicted octanol–water partition coefficient (Wildman–Crippen LogP) is -3.67. The number of hydrogen-bond acceptors (Lipinski definition) is 12. The molecule has 0 aliphatic carbocycles. The molecule has 0 radical (unpaired) electrons. The number of hydrogen-bond donors (Lipinski definition) is 10. The molecule has 0 aliphatic heterocycles. The third-order valence-corrected chi connectivity index (χ3v) is 16.4. The molecule has 0 heterocycles. The Balaban J connectivity index is 5.24. The molecule has 12 N–H and O–H groups in total. The Kier molecular flexibility index (Phi) is 19.2. The summed E-state index contributed by atoms with van der Waals surface area (Å²) in [7, 11) is 2.55. The number of aliphatic carboxylic acids is 4.